The lowest BCUT2D eigenvalue weighted by Gasteiger charge is -2.12. The van der Waals surface area contributed by atoms with Crippen molar-refractivity contribution in [2.45, 2.75) is 31.7 Å². The highest BCUT2D eigenvalue weighted by molar-refractivity contribution is 5.95. The van der Waals surface area contributed by atoms with Gasteiger partial charge in [-0.2, -0.15) is 0 Å². The maximum Gasteiger partial charge on any atom is 0.337 e. The molecular weight excluding hydrogens is 300 g/mol. The molecule has 1 aliphatic rings. The predicted octanol–water partition coefficient (Wildman–Crippen LogP) is 1.62. The standard InChI is InChI=1S/C16H20N2O5/c1-22-15(20)11-6-8-13(9-7-11)23-10-14(19)18-16(21)17-12-4-2-3-5-12/h6-9,12H,2-5,10H2,1H3,(H2,17,18,19,21). The van der Waals surface area contributed by atoms with Crippen LogP contribution in [0.25, 0.3) is 0 Å². The van der Waals surface area contributed by atoms with E-state index < -0.39 is 17.9 Å². The van der Waals surface area contributed by atoms with E-state index in [-0.39, 0.29) is 12.6 Å². The molecule has 2 rings (SSSR count). The van der Waals surface area contributed by atoms with Crippen LogP contribution in [0.4, 0.5) is 4.79 Å². The number of carbonyl (C=O) groups is 3. The molecule has 1 aliphatic carbocycles. The fraction of sp³-hybridized carbons (Fsp3) is 0.438. The lowest BCUT2D eigenvalue weighted by Crippen LogP contribution is -2.45. The van der Waals surface area contributed by atoms with Crippen molar-refractivity contribution in [3.8, 4) is 5.75 Å². The van der Waals surface area contributed by atoms with Crippen molar-refractivity contribution < 1.29 is 23.9 Å². The van der Waals surface area contributed by atoms with Crippen LogP contribution in [0, 0.1) is 0 Å². The van der Waals surface area contributed by atoms with Crippen molar-refractivity contribution in [2.24, 2.45) is 0 Å². The number of esters is 1. The van der Waals surface area contributed by atoms with Crippen molar-refractivity contribution in [1.82, 2.24) is 10.6 Å². The van der Waals surface area contributed by atoms with Crippen LogP contribution >= 0.6 is 0 Å². The van der Waals surface area contributed by atoms with Gasteiger partial charge in [-0.3, -0.25) is 10.1 Å². The van der Waals surface area contributed by atoms with Crippen LogP contribution in [-0.4, -0.2) is 37.7 Å². The van der Waals surface area contributed by atoms with E-state index >= 15 is 0 Å². The summed E-state index contributed by atoms with van der Waals surface area (Å²) in [5.41, 5.74) is 0.389. The Labute approximate surface area is 134 Å². The Morgan fingerprint density at radius 2 is 1.78 bits per heavy atom. The number of rotatable bonds is 5. The van der Waals surface area contributed by atoms with E-state index in [1.54, 1.807) is 12.1 Å². The molecule has 1 saturated carbocycles. The highest BCUT2D eigenvalue weighted by atomic mass is 16.5. The summed E-state index contributed by atoms with van der Waals surface area (Å²) in [6.07, 6.45) is 4.10. The Bertz CT molecular complexity index is 564. The van der Waals surface area contributed by atoms with Crippen LogP contribution in [0.1, 0.15) is 36.0 Å². The monoisotopic (exact) mass is 320 g/mol. The normalized spacial score (nSPS) is 14.1. The molecule has 0 unspecified atom stereocenters. The predicted molar refractivity (Wildman–Crippen MR) is 82.2 cm³/mol. The summed E-state index contributed by atoms with van der Waals surface area (Å²) in [6, 6.07) is 5.83. The maximum atomic E-state index is 11.7. The van der Waals surface area contributed by atoms with Crippen molar-refractivity contribution in [3.05, 3.63) is 29.8 Å². The molecule has 0 saturated heterocycles. The van der Waals surface area contributed by atoms with Gasteiger partial charge >= 0.3 is 12.0 Å². The number of methoxy groups -OCH3 is 1. The third kappa shape index (κ3) is 5.28. The van der Waals surface area contributed by atoms with Gasteiger partial charge in [0.05, 0.1) is 12.7 Å². The van der Waals surface area contributed by atoms with Gasteiger partial charge in [0, 0.05) is 6.04 Å². The lowest BCUT2D eigenvalue weighted by atomic mass is 10.2. The average molecular weight is 320 g/mol. The number of imide groups is 1. The molecule has 1 aromatic rings. The zero-order chi connectivity index (χ0) is 16.7. The molecule has 7 nitrogen and oxygen atoms in total. The molecule has 124 valence electrons. The van der Waals surface area contributed by atoms with E-state index in [1.807, 2.05) is 0 Å². The van der Waals surface area contributed by atoms with E-state index in [4.69, 9.17) is 4.74 Å². The van der Waals surface area contributed by atoms with Crippen molar-refractivity contribution in [2.75, 3.05) is 13.7 Å². The summed E-state index contributed by atoms with van der Waals surface area (Å²) in [5, 5.41) is 4.98. The molecule has 3 amide bonds. The van der Waals surface area contributed by atoms with Gasteiger partial charge < -0.3 is 14.8 Å². The largest absolute Gasteiger partial charge is 0.484 e. The van der Waals surface area contributed by atoms with Gasteiger partial charge in [0.2, 0.25) is 0 Å². The van der Waals surface area contributed by atoms with E-state index in [1.165, 1.54) is 19.2 Å². The molecule has 0 bridgehead atoms. The third-order valence-corrected chi connectivity index (χ3v) is 3.59. The number of ether oxygens (including phenoxy) is 2. The summed E-state index contributed by atoms with van der Waals surface area (Å²) in [4.78, 5) is 34.6. The molecule has 0 aliphatic heterocycles. The summed E-state index contributed by atoms with van der Waals surface area (Å²) in [6.45, 7) is -0.282. The van der Waals surface area contributed by atoms with Crippen molar-refractivity contribution >= 4 is 17.9 Å². The summed E-state index contributed by atoms with van der Waals surface area (Å²) in [5.74, 6) is -0.556. The van der Waals surface area contributed by atoms with Crippen LogP contribution in [0.15, 0.2) is 24.3 Å². The Morgan fingerprint density at radius 3 is 2.39 bits per heavy atom. The van der Waals surface area contributed by atoms with E-state index in [9.17, 15) is 14.4 Å². The minimum Gasteiger partial charge on any atom is -0.484 e. The van der Waals surface area contributed by atoms with E-state index in [0.29, 0.717) is 11.3 Å². The maximum absolute atomic E-state index is 11.7. The highest BCUT2D eigenvalue weighted by Crippen LogP contribution is 2.17. The Balaban J connectivity index is 1.73. The van der Waals surface area contributed by atoms with E-state index in [0.717, 1.165) is 25.7 Å². The van der Waals surface area contributed by atoms with Gasteiger partial charge in [-0.05, 0) is 37.1 Å². The second-order valence-corrected chi connectivity index (χ2v) is 5.31. The van der Waals surface area contributed by atoms with Gasteiger partial charge in [-0.25, -0.2) is 9.59 Å². The van der Waals surface area contributed by atoms with Crippen LogP contribution in [0.3, 0.4) is 0 Å². The van der Waals surface area contributed by atoms with Crippen LogP contribution in [0.5, 0.6) is 5.75 Å². The second kappa shape index (κ2) is 8.17. The Morgan fingerprint density at radius 1 is 1.13 bits per heavy atom. The Kier molecular flexibility index (Phi) is 5.96. The molecule has 0 aromatic heterocycles. The molecule has 1 aromatic carbocycles. The van der Waals surface area contributed by atoms with Gasteiger partial charge in [0.25, 0.3) is 5.91 Å². The first-order valence-corrected chi connectivity index (χ1v) is 7.50. The van der Waals surface area contributed by atoms with Gasteiger partial charge in [0.1, 0.15) is 5.75 Å². The van der Waals surface area contributed by atoms with Gasteiger partial charge in [-0.15, -0.1) is 0 Å². The van der Waals surface area contributed by atoms with Crippen molar-refractivity contribution in [1.29, 1.82) is 0 Å². The smallest absolute Gasteiger partial charge is 0.337 e. The molecule has 7 heteroatoms. The SMILES string of the molecule is COC(=O)c1ccc(OCC(=O)NC(=O)NC2CCCC2)cc1. The van der Waals surface area contributed by atoms with Gasteiger partial charge in [0.15, 0.2) is 6.61 Å². The van der Waals surface area contributed by atoms with Gasteiger partial charge in [-0.1, -0.05) is 12.8 Å². The molecular formula is C16H20N2O5. The quantitative estimate of drug-likeness (QED) is 0.804. The van der Waals surface area contributed by atoms with Crippen LogP contribution < -0.4 is 15.4 Å². The summed E-state index contributed by atoms with van der Waals surface area (Å²) in [7, 11) is 1.30. The third-order valence-electron chi connectivity index (χ3n) is 3.59. The molecule has 23 heavy (non-hydrogen) atoms. The zero-order valence-corrected chi connectivity index (χ0v) is 13.0. The zero-order valence-electron chi connectivity index (χ0n) is 13.0. The molecule has 2 N–H and O–H groups in total. The fourth-order valence-corrected chi connectivity index (χ4v) is 2.41. The minimum absolute atomic E-state index is 0.148. The highest BCUT2D eigenvalue weighted by Gasteiger charge is 2.18. The number of amides is 3. The minimum atomic E-state index is -0.530. The first-order chi connectivity index (χ1) is 11.1. The molecule has 1 fully saturated rings. The first kappa shape index (κ1) is 16.8. The molecule has 0 spiro atoms. The number of hydrogen-bond donors (Lipinski definition) is 2. The molecule has 0 atom stereocenters. The second-order valence-electron chi connectivity index (χ2n) is 5.31. The average Bonchev–Trinajstić information content (AvgIpc) is 3.05. The van der Waals surface area contributed by atoms with Crippen LogP contribution in [0.2, 0.25) is 0 Å². The fourth-order valence-electron chi connectivity index (χ4n) is 2.41. The number of benzene rings is 1. The number of carbonyl (C=O) groups excluding carboxylic acids is 3. The number of hydrogen-bond acceptors (Lipinski definition) is 5. The Hall–Kier alpha value is -2.57. The number of nitrogens with one attached hydrogen (secondary N) is 2. The molecule has 0 radical (unpaired) electrons. The van der Waals surface area contributed by atoms with Crippen molar-refractivity contribution in [3.63, 3.8) is 0 Å². The molecule has 0 heterocycles. The van der Waals surface area contributed by atoms with Crippen LogP contribution in [-0.2, 0) is 9.53 Å². The first-order valence-electron chi connectivity index (χ1n) is 7.50. The van der Waals surface area contributed by atoms with E-state index in [2.05, 4.69) is 15.4 Å². The summed E-state index contributed by atoms with van der Waals surface area (Å²) < 4.78 is 9.85. The summed E-state index contributed by atoms with van der Waals surface area (Å²) >= 11 is 0. The lowest BCUT2D eigenvalue weighted by molar-refractivity contribution is -0.122. The number of urea groups is 1. The topological polar surface area (TPSA) is 93.7 Å².